The number of fused-ring (bicyclic) bond motifs is 4. The monoisotopic (exact) mass is 514 g/mol. The van der Waals surface area contributed by atoms with Gasteiger partial charge in [0, 0.05) is 30.8 Å². The largest absolute Gasteiger partial charge is 0.458 e. The molecule has 2 saturated heterocycles. The zero-order chi connectivity index (χ0) is 26.6. The minimum absolute atomic E-state index is 0.00701. The Bertz CT molecular complexity index is 1090. The number of carbonyl (C=O) groups is 2. The summed E-state index contributed by atoms with van der Waals surface area (Å²) in [6, 6.07) is 0. The van der Waals surface area contributed by atoms with Gasteiger partial charge in [-0.3, -0.25) is 4.79 Å². The molecule has 3 fully saturated rings. The van der Waals surface area contributed by atoms with Gasteiger partial charge in [0.1, 0.15) is 11.4 Å². The number of aliphatic hydroxyl groups is 1. The van der Waals surface area contributed by atoms with Crippen LogP contribution in [-0.2, 0) is 28.5 Å². The zero-order valence-corrected chi connectivity index (χ0v) is 23.1. The Morgan fingerprint density at radius 2 is 1.70 bits per heavy atom. The summed E-state index contributed by atoms with van der Waals surface area (Å²) >= 11 is 0. The van der Waals surface area contributed by atoms with Gasteiger partial charge in [0.15, 0.2) is 0 Å². The fourth-order valence-electron chi connectivity index (χ4n) is 9.18. The fourth-order valence-corrected chi connectivity index (χ4v) is 9.18. The Morgan fingerprint density at radius 1 is 0.946 bits per heavy atom. The van der Waals surface area contributed by atoms with E-state index in [1.54, 1.807) is 0 Å². The Hall–Kier alpha value is -1.86. The topological polar surface area (TPSA) is 91.3 Å². The first kappa shape index (κ1) is 25.4. The Morgan fingerprint density at radius 3 is 2.41 bits per heavy atom. The third kappa shape index (κ3) is 3.74. The molecule has 1 spiro atoms. The van der Waals surface area contributed by atoms with Gasteiger partial charge in [-0.15, -0.1) is 0 Å². The molecule has 6 rings (SSSR count). The van der Waals surface area contributed by atoms with Gasteiger partial charge in [-0.1, -0.05) is 34.1 Å². The maximum Gasteiger partial charge on any atom is 0.335 e. The average Bonchev–Trinajstić information content (AvgIpc) is 3.28. The van der Waals surface area contributed by atoms with Crippen molar-refractivity contribution in [2.45, 2.75) is 116 Å². The summed E-state index contributed by atoms with van der Waals surface area (Å²) in [5.41, 5.74) is 0.0663. The van der Waals surface area contributed by atoms with Crippen molar-refractivity contribution in [2.75, 3.05) is 0 Å². The number of ether oxygens (including phenoxy) is 4. The molecule has 0 amide bonds. The Balaban J connectivity index is 1.35. The van der Waals surface area contributed by atoms with E-state index in [2.05, 4.69) is 20.8 Å². The van der Waals surface area contributed by atoms with E-state index in [1.165, 1.54) is 6.08 Å². The van der Waals surface area contributed by atoms with E-state index in [0.29, 0.717) is 30.9 Å². The van der Waals surface area contributed by atoms with Crippen LogP contribution >= 0.6 is 0 Å². The third-order valence-electron chi connectivity index (χ3n) is 11.1. The van der Waals surface area contributed by atoms with Crippen LogP contribution in [0.3, 0.4) is 0 Å². The predicted molar refractivity (Wildman–Crippen MR) is 135 cm³/mol. The highest BCUT2D eigenvalue weighted by atomic mass is 16.7. The molecule has 7 heteroatoms. The summed E-state index contributed by atoms with van der Waals surface area (Å²) < 4.78 is 24.6. The molecule has 0 aromatic rings. The lowest BCUT2D eigenvalue weighted by Gasteiger charge is -2.51. The van der Waals surface area contributed by atoms with Crippen LogP contribution in [0.1, 0.15) is 92.9 Å². The maximum atomic E-state index is 12.5. The number of esters is 2. The lowest BCUT2D eigenvalue weighted by Crippen LogP contribution is -2.51. The molecule has 1 unspecified atom stereocenters. The second kappa shape index (κ2) is 7.84. The molecule has 2 aliphatic carbocycles. The van der Waals surface area contributed by atoms with E-state index in [9.17, 15) is 14.7 Å². The standard InChI is InChI=1S/C30H42O7/c1-17-13-30(14-18(2)25(32)37-30)35-22-16-27(5)9-7-8-20-19-15-29(33,11-10-28(27,6)24(17)22)34-21(19)12-23(31)36-26(20,3)4/h12,15,17-18,20,22,24,33H,7-11,13-14,16H2,1-6H3/t17-,18-,20-,22-,24+,27-,28-,29+,30?/m1/s1. The highest BCUT2D eigenvalue weighted by Gasteiger charge is 2.66. The van der Waals surface area contributed by atoms with Gasteiger partial charge in [-0.05, 0) is 68.3 Å². The molecule has 37 heavy (non-hydrogen) atoms. The molecule has 9 atom stereocenters. The van der Waals surface area contributed by atoms with Crippen LogP contribution in [0.15, 0.2) is 23.5 Å². The Labute approximate surface area is 219 Å². The summed E-state index contributed by atoms with van der Waals surface area (Å²) in [5.74, 6) is -1.96. The molecule has 0 radical (unpaired) electrons. The number of carbonyl (C=O) groups excluding carboxylic acids is 2. The summed E-state index contributed by atoms with van der Waals surface area (Å²) in [4.78, 5) is 24.8. The number of hydrogen-bond acceptors (Lipinski definition) is 7. The molecule has 0 aromatic heterocycles. The summed E-state index contributed by atoms with van der Waals surface area (Å²) in [7, 11) is 0. The van der Waals surface area contributed by atoms with Crippen LogP contribution in [0.25, 0.3) is 0 Å². The molecule has 6 aliphatic rings. The SMILES string of the molecule is C[C@@H]1CC2(C[C@@H](C)[C@H]3[C@@H](C[C@@]4(C)CCC[C@@H]5C6=C[C@](O)(CC[C@]34C)OC6=CC(=O)OC5(C)C)O2)OC1=O. The molecule has 4 aliphatic heterocycles. The molecular weight excluding hydrogens is 472 g/mol. The minimum Gasteiger partial charge on any atom is -0.458 e. The lowest BCUT2D eigenvalue weighted by atomic mass is 9.57. The van der Waals surface area contributed by atoms with E-state index in [0.717, 1.165) is 37.7 Å². The number of allylic oxidation sites excluding steroid dienone is 1. The fraction of sp³-hybridized carbons (Fsp3) is 0.800. The lowest BCUT2D eigenvalue weighted by molar-refractivity contribution is -0.276. The van der Waals surface area contributed by atoms with Crippen LogP contribution < -0.4 is 0 Å². The van der Waals surface area contributed by atoms with Gasteiger partial charge in [-0.25, -0.2) is 4.79 Å². The van der Waals surface area contributed by atoms with E-state index in [1.807, 2.05) is 26.8 Å². The van der Waals surface area contributed by atoms with Crippen LogP contribution in [-0.4, -0.2) is 40.3 Å². The minimum atomic E-state index is -1.45. The summed E-state index contributed by atoms with van der Waals surface area (Å²) in [6.45, 7) is 12.9. The van der Waals surface area contributed by atoms with Crippen molar-refractivity contribution in [3.63, 3.8) is 0 Å². The maximum absolute atomic E-state index is 12.5. The smallest absolute Gasteiger partial charge is 0.335 e. The first-order chi connectivity index (χ1) is 17.2. The summed E-state index contributed by atoms with van der Waals surface area (Å²) in [6.07, 6.45) is 9.51. The van der Waals surface area contributed by atoms with Gasteiger partial charge in [0.2, 0.25) is 11.6 Å². The van der Waals surface area contributed by atoms with Gasteiger partial charge in [0.05, 0.1) is 18.1 Å². The van der Waals surface area contributed by atoms with Crippen LogP contribution in [0, 0.1) is 34.5 Å². The van der Waals surface area contributed by atoms with Gasteiger partial charge in [0.25, 0.3) is 0 Å². The second-order valence-electron chi connectivity index (χ2n) is 14.0. The van der Waals surface area contributed by atoms with E-state index >= 15 is 0 Å². The zero-order valence-electron chi connectivity index (χ0n) is 23.1. The van der Waals surface area contributed by atoms with Crippen molar-refractivity contribution < 1.29 is 33.6 Å². The summed E-state index contributed by atoms with van der Waals surface area (Å²) in [5, 5.41) is 11.7. The van der Waals surface area contributed by atoms with Crippen molar-refractivity contribution in [2.24, 2.45) is 34.5 Å². The van der Waals surface area contributed by atoms with Crippen LogP contribution in [0.4, 0.5) is 0 Å². The molecule has 204 valence electrons. The molecule has 1 N–H and O–H groups in total. The van der Waals surface area contributed by atoms with Gasteiger partial charge < -0.3 is 24.1 Å². The predicted octanol–water partition coefficient (Wildman–Crippen LogP) is 5.17. The van der Waals surface area contributed by atoms with Crippen molar-refractivity contribution in [1.82, 2.24) is 0 Å². The molecule has 0 aromatic carbocycles. The quantitative estimate of drug-likeness (QED) is 0.446. The first-order valence-electron chi connectivity index (χ1n) is 14.2. The van der Waals surface area contributed by atoms with E-state index < -0.39 is 23.1 Å². The Kier molecular flexibility index (Phi) is 5.39. The van der Waals surface area contributed by atoms with Gasteiger partial charge >= 0.3 is 11.9 Å². The van der Waals surface area contributed by atoms with E-state index in [-0.39, 0.29) is 40.7 Å². The van der Waals surface area contributed by atoms with Crippen molar-refractivity contribution in [3.05, 3.63) is 23.5 Å². The van der Waals surface area contributed by atoms with Gasteiger partial charge in [-0.2, -0.15) is 0 Å². The molecular formula is C30H42O7. The molecule has 2 bridgehead atoms. The third-order valence-corrected chi connectivity index (χ3v) is 11.1. The molecule has 7 nitrogen and oxygen atoms in total. The van der Waals surface area contributed by atoms with Crippen LogP contribution in [0.5, 0.6) is 0 Å². The molecule has 1 saturated carbocycles. The molecule has 4 heterocycles. The highest BCUT2D eigenvalue weighted by molar-refractivity contribution is 5.84. The number of rotatable bonds is 0. The highest BCUT2D eigenvalue weighted by Crippen LogP contribution is 2.67. The van der Waals surface area contributed by atoms with Crippen molar-refractivity contribution >= 4 is 11.9 Å². The van der Waals surface area contributed by atoms with Crippen molar-refractivity contribution in [3.8, 4) is 0 Å². The first-order valence-corrected chi connectivity index (χ1v) is 14.2. The average molecular weight is 515 g/mol. The number of hydrogen-bond donors (Lipinski definition) is 1. The van der Waals surface area contributed by atoms with Crippen molar-refractivity contribution in [1.29, 1.82) is 0 Å². The second-order valence-corrected chi connectivity index (χ2v) is 14.0. The van der Waals surface area contributed by atoms with E-state index in [4.69, 9.17) is 18.9 Å². The number of cyclic esters (lactones) is 1. The normalized spacial score (nSPS) is 50.5. The van der Waals surface area contributed by atoms with Crippen LogP contribution in [0.2, 0.25) is 0 Å².